The van der Waals surface area contributed by atoms with E-state index in [0.717, 1.165) is 0 Å². The van der Waals surface area contributed by atoms with Crippen molar-refractivity contribution < 1.29 is 5.21 Å². The predicted octanol–water partition coefficient (Wildman–Crippen LogP) is 1.37. The van der Waals surface area contributed by atoms with Gasteiger partial charge in [-0.25, -0.2) is 0 Å². The van der Waals surface area contributed by atoms with Gasteiger partial charge in [0.05, 0.1) is 17.8 Å². The second kappa shape index (κ2) is 3.37. The molecule has 0 aliphatic heterocycles. The summed E-state index contributed by atoms with van der Waals surface area (Å²) in [6.45, 7) is 0. The third kappa shape index (κ3) is 1.55. The van der Waals surface area contributed by atoms with Crippen molar-refractivity contribution in [1.29, 1.82) is 5.26 Å². The summed E-state index contributed by atoms with van der Waals surface area (Å²) in [5.41, 5.74) is 1.13. The summed E-state index contributed by atoms with van der Waals surface area (Å²) in [5.74, 6) is 0. The average Bonchev–Trinajstić information content (AvgIpc) is 2.06. The van der Waals surface area contributed by atoms with Crippen LogP contribution in [0.3, 0.4) is 0 Å². The number of benzene rings is 1. The molecule has 54 valence electrons. The van der Waals surface area contributed by atoms with E-state index in [1.54, 1.807) is 24.3 Å². The van der Waals surface area contributed by atoms with E-state index in [1.165, 1.54) is 6.21 Å². The van der Waals surface area contributed by atoms with Crippen LogP contribution in [0.25, 0.3) is 0 Å². The average molecular weight is 146 g/mol. The fourth-order valence-corrected chi connectivity index (χ4v) is 0.774. The van der Waals surface area contributed by atoms with Crippen LogP contribution in [0.4, 0.5) is 0 Å². The molecule has 0 bridgehead atoms. The van der Waals surface area contributed by atoms with Crippen molar-refractivity contribution in [2.75, 3.05) is 0 Å². The Morgan fingerprint density at radius 3 is 2.82 bits per heavy atom. The van der Waals surface area contributed by atoms with E-state index < -0.39 is 0 Å². The van der Waals surface area contributed by atoms with Crippen LogP contribution in [0.2, 0.25) is 0 Å². The molecule has 3 nitrogen and oxygen atoms in total. The lowest BCUT2D eigenvalue weighted by Crippen LogP contribution is -1.85. The predicted molar refractivity (Wildman–Crippen MR) is 40.5 cm³/mol. The zero-order valence-electron chi connectivity index (χ0n) is 5.73. The van der Waals surface area contributed by atoms with E-state index in [1.807, 2.05) is 6.07 Å². The minimum absolute atomic E-state index is 0.505. The first-order valence-electron chi connectivity index (χ1n) is 3.05. The zero-order chi connectivity index (χ0) is 8.10. The molecule has 0 atom stereocenters. The molecule has 0 amide bonds. The zero-order valence-corrected chi connectivity index (χ0v) is 5.73. The van der Waals surface area contributed by atoms with Crippen LogP contribution in [0.15, 0.2) is 29.4 Å². The Morgan fingerprint density at radius 2 is 2.18 bits per heavy atom. The van der Waals surface area contributed by atoms with Crippen LogP contribution in [0.5, 0.6) is 0 Å². The fraction of sp³-hybridized carbons (Fsp3) is 0. The molecule has 1 aromatic rings. The van der Waals surface area contributed by atoms with E-state index in [2.05, 4.69) is 5.16 Å². The highest BCUT2D eigenvalue weighted by Gasteiger charge is 1.95. The number of hydrogen-bond donors (Lipinski definition) is 1. The fourth-order valence-electron chi connectivity index (χ4n) is 0.774. The molecule has 0 aliphatic rings. The van der Waals surface area contributed by atoms with Gasteiger partial charge < -0.3 is 5.21 Å². The van der Waals surface area contributed by atoms with Crippen molar-refractivity contribution in [1.82, 2.24) is 0 Å². The van der Waals surface area contributed by atoms with E-state index in [-0.39, 0.29) is 0 Å². The molecular formula is C8H6N2O. The van der Waals surface area contributed by atoms with Crippen molar-refractivity contribution >= 4 is 6.21 Å². The Morgan fingerprint density at radius 1 is 1.45 bits per heavy atom. The van der Waals surface area contributed by atoms with Gasteiger partial charge in [-0.05, 0) is 6.07 Å². The molecule has 0 aliphatic carbocycles. The van der Waals surface area contributed by atoms with Crippen LogP contribution >= 0.6 is 0 Å². The van der Waals surface area contributed by atoms with E-state index in [0.29, 0.717) is 11.1 Å². The monoisotopic (exact) mass is 146 g/mol. The van der Waals surface area contributed by atoms with Gasteiger partial charge >= 0.3 is 0 Å². The van der Waals surface area contributed by atoms with Gasteiger partial charge in [-0.1, -0.05) is 23.4 Å². The molecule has 0 heterocycles. The third-order valence-corrected chi connectivity index (χ3v) is 1.28. The molecule has 0 radical (unpaired) electrons. The molecule has 0 unspecified atom stereocenters. The minimum Gasteiger partial charge on any atom is -0.411 e. The van der Waals surface area contributed by atoms with Gasteiger partial charge in [0.2, 0.25) is 0 Å². The molecule has 0 saturated heterocycles. The lowest BCUT2D eigenvalue weighted by Gasteiger charge is -1.92. The van der Waals surface area contributed by atoms with Gasteiger partial charge in [0.1, 0.15) is 0 Å². The Labute approximate surface area is 64.2 Å². The summed E-state index contributed by atoms with van der Waals surface area (Å²) >= 11 is 0. The summed E-state index contributed by atoms with van der Waals surface area (Å²) < 4.78 is 0. The number of oxime groups is 1. The van der Waals surface area contributed by atoms with Crippen LogP contribution in [-0.4, -0.2) is 11.4 Å². The maximum atomic E-state index is 8.55. The highest BCUT2D eigenvalue weighted by atomic mass is 16.4. The molecule has 0 fully saturated rings. The van der Waals surface area contributed by atoms with Crippen LogP contribution in [0.1, 0.15) is 11.1 Å². The molecule has 0 saturated carbocycles. The second-order valence-electron chi connectivity index (χ2n) is 1.94. The third-order valence-electron chi connectivity index (χ3n) is 1.28. The highest BCUT2D eigenvalue weighted by molar-refractivity contribution is 5.82. The van der Waals surface area contributed by atoms with Gasteiger partial charge in [0.25, 0.3) is 0 Å². The van der Waals surface area contributed by atoms with Crippen molar-refractivity contribution in [2.24, 2.45) is 5.16 Å². The van der Waals surface area contributed by atoms with Crippen molar-refractivity contribution in [2.45, 2.75) is 0 Å². The summed E-state index contributed by atoms with van der Waals surface area (Å²) in [6.07, 6.45) is 1.23. The maximum Gasteiger partial charge on any atom is 0.0998 e. The van der Waals surface area contributed by atoms with Gasteiger partial charge in [-0.2, -0.15) is 5.26 Å². The first-order chi connectivity index (χ1) is 5.38. The number of hydrogen-bond acceptors (Lipinski definition) is 3. The molecule has 1 aromatic carbocycles. The molecule has 11 heavy (non-hydrogen) atoms. The maximum absolute atomic E-state index is 8.55. The smallest absolute Gasteiger partial charge is 0.0998 e. The van der Waals surface area contributed by atoms with Gasteiger partial charge in [0.15, 0.2) is 0 Å². The molecule has 1 rings (SSSR count). The first-order valence-corrected chi connectivity index (χ1v) is 3.05. The summed E-state index contributed by atoms with van der Waals surface area (Å²) in [6, 6.07) is 8.88. The number of rotatable bonds is 1. The van der Waals surface area contributed by atoms with Gasteiger partial charge in [-0.15, -0.1) is 0 Å². The quantitative estimate of drug-likeness (QED) is 0.369. The largest absolute Gasteiger partial charge is 0.411 e. The van der Waals surface area contributed by atoms with Gasteiger partial charge in [-0.3, -0.25) is 0 Å². The Hall–Kier alpha value is -1.82. The van der Waals surface area contributed by atoms with E-state index >= 15 is 0 Å². The van der Waals surface area contributed by atoms with Crippen LogP contribution in [0, 0.1) is 11.3 Å². The van der Waals surface area contributed by atoms with Crippen molar-refractivity contribution in [3.63, 3.8) is 0 Å². The lowest BCUT2D eigenvalue weighted by atomic mass is 10.1. The molecule has 0 spiro atoms. The topological polar surface area (TPSA) is 56.4 Å². The second-order valence-corrected chi connectivity index (χ2v) is 1.94. The Bertz CT molecular complexity index is 312. The van der Waals surface area contributed by atoms with Gasteiger partial charge in [0, 0.05) is 5.56 Å². The lowest BCUT2D eigenvalue weighted by molar-refractivity contribution is 0.322. The molecule has 3 heteroatoms. The first kappa shape index (κ1) is 7.29. The Kier molecular flexibility index (Phi) is 2.24. The van der Waals surface area contributed by atoms with Crippen LogP contribution < -0.4 is 0 Å². The summed E-state index contributed by atoms with van der Waals surface area (Å²) in [5, 5.41) is 19.6. The standard InChI is InChI=1S/C8H6N2O/c9-5-7-3-1-2-4-8(7)6-10-11/h1-4,6,11H/b10-6+. The summed E-state index contributed by atoms with van der Waals surface area (Å²) in [4.78, 5) is 0. The normalized spacial score (nSPS) is 9.73. The Balaban J connectivity index is 3.15. The molecule has 0 aromatic heterocycles. The van der Waals surface area contributed by atoms with E-state index in [9.17, 15) is 0 Å². The van der Waals surface area contributed by atoms with E-state index in [4.69, 9.17) is 10.5 Å². The molecule has 1 N–H and O–H groups in total. The SMILES string of the molecule is N#Cc1ccccc1/C=N/O. The summed E-state index contributed by atoms with van der Waals surface area (Å²) in [7, 11) is 0. The van der Waals surface area contributed by atoms with Crippen molar-refractivity contribution in [3.05, 3.63) is 35.4 Å². The van der Waals surface area contributed by atoms with Crippen molar-refractivity contribution in [3.8, 4) is 6.07 Å². The molecular weight excluding hydrogens is 140 g/mol. The minimum atomic E-state index is 0.505. The number of nitrogens with zero attached hydrogens (tertiary/aromatic N) is 2. The van der Waals surface area contributed by atoms with Crippen LogP contribution in [-0.2, 0) is 0 Å². The number of nitriles is 1. The highest BCUT2D eigenvalue weighted by Crippen LogP contribution is 2.03.